The summed E-state index contributed by atoms with van der Waals surface area (Å²) >= 11 is 1.65. The van der Waals surface area contributed by atoms with Gasteiger partial charge in [-0.05, 0) is 44.1 Å². The Labute approximate surface area is 212 Å². The Morgan fingerprint density at radius 2 is 1.83 bits per heavy atom. The molecule has 8 heteroatoms. The van der Waals surface area contributed by atoms with Crippen LogP contribution in [0.5, 0.6) is 0 Å². The van der Waals surface area contributed by atoms with Gasteiger partial charge in [-0.3, -0.25) is 14.4 Å². The molecule has 5 atom stereocenters. The van der Waals surface area contributed by atoms with Crippen LogP contribution in [0, 0.1) is 17.3 Å². The number of carbonyl (C=O) groups is 3. The summed E-state index contributed by atoms with van der Waals surface area (Å²) in [6.45, 7) is 10.7. The molecule has 2 unspecified atom stereocenters. The lowest BCUT2D eigenvalue weighted by atomic mass is 9.70. The second-order valence-electron chi connectivity index (χ2n) is 12.1. The average Bonchev–Trinajstić information content (AvgIpc) is 3.38. The predicted molar refractivity (Wildman–Crippen MR) is 137 cm³/mol. The molecule has 4 rings (SSSR count). The van der Waals surface area contributed by atoms with Crippen molar-refractivity contribution in [3.63, 3.8) is 0 Å². The SMILES string of the molecule is CC(C)(C)CC(C)(C)NC(=O)C1N(CCO)C(=O)[C@@H]2[C@H](C(=O)NCc3ccccc3)[C@@H]3CCC12S3. The molecule has 0 aromatic heterocycles. The van der Waals surface area contributed by atoms with Crippen molar-refractivity contribution in [2.75, 3.05) is 13.2 Å². The molecule has 0 radical (unpaired) electrons. The Morgan fingerprint density at radius 3 is 2.46 bits per heavy atom. The number of amides is 3. The van der Waals surface area contributed by atoms with E-state index in [1.165, 1.54) is 0 Å². The third-order valence-corrected chi connectivity index (χ3v) is 9.39. The van der Waals surface area contributed by atoms with Gasteiger partial charge < -0.3 is 20.6 Å². The minimum absolute atomic E-state index is 0.0221. The number of aliphatic hydroxyl groups is 1. The van der Waals surface area contributed by atoms with Gasteiger partial charge in [0.15, 0.2) is 0 Å². The normalized spacial score (nSPS) is 29.9. The van der Waals surface area contributed by atoms with E-state index >= 15 is 0 Å². The van der Waals surface area contributed by atoms with E-state index in [4.69, 9.17) is 0 Å². The van der Waals surface area contributed by atoms with Gasteiger partial charge in [-0.1, -0.05) is 51.1 Å². The summed E-state index contributed by atoms with van der Waals surface area (Å²) in [5.41, 5.74) is 0.576. The van der Waals surface area contributed by atoms with E-state index in [1.807, 2.05) is 44.2 Å². The highest BCUT2D eigenvalue weighted by molar-refractivity contribution is 8.02. The molecule has 3 saturated heterocycles. The molecule has 1 aromatic carbocycles. The van der Waals surface area contributed by atoms with Crippen LogP contribution < -0.4 is 10.6 Å². The summed E-state index contributed by atoms with van der Waals surface area (Å²) < 4.78 is -0.631. The molecule has 0 aliphatic carbocycles. The minimum Gasteiger partial charge on any atom is -0.395 e. The van der Waals surface area contributed by atoms with Crippen LogP contribution in [-0.4, -0.2) is 62.5 Å². The largest absolute Gasteiger partial charge is 0.395 e. The number of fused-ring (bicyclic) bond motifs is 1. The van der Waals surface area contributed by atoms with Crippen LogP contribution in [0.4, 0.5) is 0 Å². The Hall–Kier alpha value is -2.06. The van der Waals surface area contributed by atoms with Gasteiger partial charge in [0.05, 0.1) is 23.2 Å². The first-order chi connectivity index (χ1) is 16.4. The molecule has 3 aliphatic rings. The second-order valence-corrected chi connectivity index (χ2v) is 13.7. The maximum absolute atomic E-state index is 13.8. The smallest absolute Gasteiger partial charge is 0.244 e. The number of rotatable bonds is 8. The number of hydrogen-bond donors (Lipinski definition) is 3. The molecule has 7 nitrogen and oxygen atoms in total. The van der Waals surface area contributed by atoms with Gasteiger partial charge in [-0.15, -0.1) is 11.8 Å². The molecule has 192 valence electrons. The van der Waals surface area contributed by atoms with E-state index < -0.39 is 28.2 Å². The lowest BCUT2D eigenvalue weighted by Gasteiger charge is -2.38. The van der Waals surface area contributed by atoms with Gasteiger partial charge >= 0.3 is 0 Å². The van der Waals surface area contributed by atoms with Crippen molar-refractivity contribution >= 4 is 29.5 Å². The Balaban J connectivity index is 1.58. The van der Waals surface area contributed by atoms with E-state index in [-0.39, 0.29) is 41.5 Å². The van der Waals surface area contributed by atoms with Crippen LogP contribution in [-0.2, 0) is 20.9 Å². The van der Waals surface area contributed by atoms with Crippen molar-refractivity contribution in [1.29, 1.82) is 0 Å². The lowest BCUT2D eigenvalue weighted by molar-refractivity contribution is -0.140. The molecule has 3 amide bonds. The highest BCUT2D eigenvalue weighted by atomic mass is 32.2. The second kappa shape index (κ2) is 9.43. The van der Waals surface area contributed by atoms with E-state index in [0.29, 0.717) is 6.54 Å². The Kier molecular flexibility index (Phi) is 7.01. The monoisotopic (exact) mass is 501 g/mol. The van der Waals surface area contributed by atoms with E-state index in [1.54, 1.807) is 16.7 Å². The van der Waals surface area contributed by atoms with Crippen LogP contribution in [0.25, 0.3) is 0 Å². The first-order valence-electron chi connectivity index (χ1n) is 12.6. The van der Waals surface area contributed by atoms with Crippen molar-refractivity contribution in [3.05, 3.63) is 35.9 Å². The molecule has 0 saturated carbocycles. The minimum atomic E-state index is -0.687. The highest BCUT2D eigenvalue weighted by Crippen LogP contribution is 2.66. The van der Waals surface area contributed by atoms with Crippen LogP contribution in [0.1, 0.15) is 59.4 Å². The molecule has 35 heavy (non-hydrogen) atoms. The average molecular weight is 502 g/mol. The van der Waals surface area contributed by atoms with Crippen LogP contribution >= 0.6 is 11.8 Å². The number of benzene rings is 1. The molecule has 2 bridgehead atoms. The van der Waals surface area contributed by atoms with Gasteiger partial charge in [0.1, 0.15) is 6.04 Å². The van der Waals surface area contributed by atoms with Crippen molar-refractivity contribution in [2.45, 2.75) is 82.0 Å². The molecule has 3 heterocycles. The summed E-state index contributed by atoms with van der Waals surface area (Å²) in [4.78, 5) is 42.4. The number of carbonyl (C=O) groups excluding carboxylic acids is 3. The fraction of sp³-hybridized carbons (Fsp3) is 0.667. The molecular formula is C27H39N3O4S. The van der Waals surface area contributed by atoms with Gasteiger partial charge in [0.2, 0.25) is 17.7 Å². The molecule has 3 aliphatic heterocycles. The summed E-state index contributed by atoms with van der Waals surface area (Å²) in [6.07, 6.45) is 2.31. The lowest BCUT2D eigenvalue weighted by Crippen LogP contribution is -2.58. The van der Waals surface area contributed by atoms with E-state index in [9.17, 15) is 19.5 Å². The summed E-state index contributed by atoms with van der Waals surface area (Å²) in [5.74, 6) is -1.49. The molecule has 3 N–H and O–H groups in total. The number of nitrogens with one attached hydrogen (secondary N) is 2. The third kappa shape index (κ3) is 4.96. The summed E-state index contributed by atoms with van der Waals surface area (Å²) in [5, 5.41) is 16.0. The number of β-amino-alcohol motifs (C(OH)–C–C–N with tert-alkyl or cyclic N) is 1. The summed E-state index contributed by atoms with van der Waals surface area (Å²) in [6, 6.07) is 9.03. The van der Waals surface area contributed by atoms with Crippen LogP contribution in [0.15, 0.2) is 30.3 Å². The van der Waals surface area contributed by atoms with Gasteiger partial charge in [0.25, 0.3) is 0 Å². The fourth-order valence-corrected chi connectivity index (χ4v) is 9.00. The number of nitrogens with zero attached hydrogens (tertiary/aromatic N) is 1. The summed E-state index contributed by atoms with van der Waals surface area (Å²) in [7, 11) is 0. The van der Waals surface area contributed by atoms with Crippen molar-refractivity contribution in [3.8, 4) is 0 Å². The standard InChI is InChI=1S/C27H39N3O4S/c1-25(2,3)16-26(4,5)29-23(33)21-27-12-11-18(35-27)19(20(27)24(34)30(21)13-14-31)22(32)28-15-17-9-7-6-8-10-17/h6-10,18-21,31H,11-16H2,1-5H3,(H,28,32)(H,29,33)/t18-,19+,20-,21?,27?/m0/s1. The zero-order chi connectivity index (χ0) is 25.6. The maximum Gasteiger partial charge on any atom is 0.244 e. The highest BCUT2D eigenvalue weighted by Gasteiger charge is 2.73. The van der Waals surface area contributed by atoms with Gasteiger partial charge in [0, 0.05) is 23.9 Å². The number of aliphatic hydroxyl groups excluding tert-OH is 1. The van der Waals surface area contributed by atoms with Gasteiger partial charge in [-0.25, -0.2) is 0 Å². The van der Waals surface area contributed by atoms with E-state index in [0.717, 1.165) is 24.8 Å². The molecule has 3 fully saturated rings. The van der Waals surface area contributed by atoms with Crippen molar-refractivity contribution < 1.29 is 19.5 Å². The van der Waals surface area contributed by atoms with Crippen molar-refractivity contribution in [1.82, 2.24) is 15.5 Å². The maximum atomic E-state index is 13.8. The first-order valence-corrected chi connectivity index (χ1v) is 13.5. The molecular weight excluding hydrogens is 462 g/mol. The number of likely N-dealkylation sites (tertiary alicyclic amines) is 1. The number of thioether (sulfide) groups is 1. The Bertz CT molecular complexity index is 976. The third-order valence-electron chi connectivity index (χ3n) is 7.44. The van der Waals surface area contributed by atoms with Crippen LogP contribution in [0.3, 0.4) is 0 Å². The van der Waals surface area contributed by atoms with Crippen LogP contribution in [0.2, 0.25) is 0 Å². The van der Waals surface area contributed by atoms with Crippen molar-refractivity contribution in [2.24, 2.45) is 17.3 Å². The number of hydrogen-bond acceptors (Lipinski definition) is 5. The first kappa shape index (κ1) is 26.0. The van der Waals surface area contributed by atoms with E-state index in [2.05, 4.69) is 31.4 Å². The quantitative estimate of drug-likeness (QED) is 0.509. The zero-order valence-corrected chi connectivity index (χ0v) is 22.3. The zero-order valence-electron chi connectivity index (χ0n) is 21.5. The Morgan fingerprint density at radius 1 is 1.14 bits per heavy atom. The topological polar surface area (TPSA) is 98.7 Å². The molecule has 1 aromatic rings. The fourth-order valence-electron chi connectivity index (χ4n) is 6.78. The van der Waals surface area contributed by atoms with Gasteiger partial charge in [-0.2, -0.15) is 0 Å². The predicted octanol–water partition coefficient (Wildman–Crippen LogP) is 2.72. The molecule has 1 spiro atoms.